The van der Waals surface area contributed by atoms with Crippen LogP contribution in [0, 0.1) is 5.92 Å². The highest BCUT2D eigenvalue weighted by Crippen LogP contribution is 2.37. The number of nitrogens with one attached hydrogen (secondary N) is 2. The first-order valence-electron chi connectivity index (χ1n) is 10.6. The van der Waals surface area contributed by atoms with E-state index in [1.807, 2.05) is 36.1 Å². The van der Waals surface area contributed by atoms with Crippen molar-refractivity contribution in [2.75, 3.05) is 13.2 Å². The first-order valence-corrected chi connectivity index (χ1v) is 11.4. The fourth-order valence-electron chi connectivity index (χ4n) is 4.63. The predicted octanol–water partition coefficient (Wildman–Crippen LogP) is 3.95. The Labute approximate surface area is 189 Å². The SMILES string of the molecule is C[C@H]1CC[C@@H](c2ncc(-c3ccc(Br)cc3)[nH]2)N1C(=O)[C@@H](NC(=O)O)C1CCOCC1. The molecule has 2 fully saturated rings. The van der Waals surface area contributed by atoms with Crippen molar-refractivity contribution >= 4 is 27.9 Å². The van der Waals surface area contributed by atoms with E-state index in [0.717, 1.165) is 34.4 Å². The molecule has 2 aliphatic rings. The molecular weight excluding hydrogens is 464 g/mol. The molecule has 0 aliphatic carbocycles. The number of H-pyrrole nitrogens is 1. The number of aromatic nitrogens is 2. The van der Waals surface area contributed by atoms with Gasteiger partial charge in [0.15, 0.2) is 0 Å². The number of aromatic amines is 1. The van der Waals surface area contributed by atoms with Crippen LogP contribution >= 0.6 is 15.9 Å². The van der Waals surface area contributed by atoms with Crippen LogP contribution in [0.25, 0.3) is 11.3 Å². The summed E-state index contributed by atoms with van der Waals surface area (Å²) < 4.78 is 6.41. The number of ether oxygens (including phenoxy) is 1. The van der Waals surface area contributed by atoms with Gasteiger partial charge in [-0.25, -0.2) is 9.78 Å². The molecule has 9 heteroatoms. The maximum absolute atomic E-state index is 13.6. The first-order chi connectivity index (χ1) is 14.9. The van der Waals surface area contributed by atoms with Gasteiger partial charge in [-0.2, -0.15) is 0 Å². The molecule has 31 heavy (non-hydrogen) atoms. The smallest absolute Gasteiger partial charge is 0.405 e. The van der Waals surface area contributed by atoms with Gasteiger partial charge < -0.3 is 25.0 Å². The van der Waals surface area contributed by atoms with Crippen LogP contribution in [-0.2, 0) is 9.53 Å². The maximum Gasteiger partial charge on any atom is 0.405 e. The second-order valence-corrected chi connectivity index (χ2v) is 9.17. The van der Waals surface area contributed by atoms with Crippen LogP contribution in [0.15, 0.2) is 34.9 Å². The third-order valence-electron chi connectivity index (χ3n) is 6.27. The molecule has 2 amide bonds. The normalized spacial score (nSPS) is 23.0. The Morgan fingerprint density at radius 3 is 2.61 bits per heavy atom. The van der Waals surface area contributed by atoms with Crippen molar-refractivity contribution in [1.82, 2.24) is 20.2 Å². The average molecular weight is 491 g/mol. The first kappa shape index (κ1) is 21.8. The van der Waals surface area contributed by atoms with Crippen molar-refractivity contribution in [3.05, 3.63) is 40.8 Å². The van der Waals surface area contributed by atoms with Gasteiger partial charge in [0, 0.05) is 23.7 Å². The number of halogens is 1. The standard InChI is InChI=1S/C22H27BrN4O4/c1-13-2-7-18(20-24-12-17(25-20)14-3-5-16(23)6-4-14)27(13)21(28)19(26-22(29)30)15-8-10-31-11-9-15/h3-6,12-13,15,18-19,26H,2,7-11H2,1H3,(H,24,25)(H,29,30)/t13-,18-,19-/m0/s1. The molecule has 4 rings (SSSR count). The topological polar surface area (TPSA) is 108 Å². The molecule has 8 nitrogen and oxygen atoms in total. The van der Waals surface area contributed by atoms with Gasteiger partial charge in [-0.15, -0.1) is 0 Å². The zero-order valence-electron chi connectivity index (χ0n) is 17.4. The zero-order chi connectivity index (χ0) is 22.0. The molecular formula is C22H27BrN4O4. The number of carbonyl (C=O) groups is 2. The van der Waals surface area contributed by atoms with Crippen molar-refractivity contribution in [2.24, 2.45) is 5.92 Å². The van der Waals surface area contributed by atoms with Crippen LogP contribution < -0.4 is 5.32 Å². The number of nitrogens with zero attached hydrogens (tertiary/aromatic N) is 2. The molecule has 0 unspecified atom stereocenters. The summed E-state index contributed by atoms with van der Waals surface area (Å²) in [6, 6.07) is 6.98. The second kappa shape index (κ2) is 9.40. The molecule has 2 saturated heterocycles. The number of hydrogen-bond donors (Lipinski definition) is 3. The van der Waals surface area contributed by atoms with Crippen LogP contribution in [0.1, 0.15) is 44.5 Å². The minimum Gasteiger partial charge on any atom is -0.465 e. The Balaban J connectivity index is 1.58. The summed E-state index contributed by atoms with van der Waals surface area (Å²) in [6.07, 6.45) is 3.57. The summed E-state index contributed by atoms with van der Waals surface area (Å²) in [5.41, 5.74) is 1.90. The van der Waals surface area contributed by atoms with Crippen molar-refractivity contribution in [3.63, 3.8) is 0 Å². The van der Waals surface area contributed by atoms with Gasteiger partial charge in [0.2, 0.25) is 5.91 Å². The Bertz CT molecular complexity index is 926. The van der Waals surface area contributed by atoms with E-state index in [2.05, 4.69) is 31.2 Å². The van der Waals surface area contributed by atoms with E-state index >= 15 is 0 Å². The number of carboxylic acid groups (broad SMARTS) is 1. The highest BCUT2D eigenvalue weighted by molar-refractivity contribution is 9.10. The fraction of sp³-hybridized carbons (Fsp3) is 0.500. The number of imidazole rings is 1. The van der Waals surface area contributed by atoms with Crippen LogP contribution in [0.3, 0.4) is 0 Å². The molecule has 0 bridgehead atoms. The Morgan fingerprint density at radius 2 is 1.94 bits per heavy atom. The van der Waals surface area contributed by atoms with Gasteiger partial charge >= 0.3 is 6.09 Å². The number of rotatable bonds is 5. The maximum atomic E-state index is 13.6. The van der Waals surface area contributed by atoms with Gasteiger partial charge in [-0.1, -0.05) is 28.1 Å². The molecule has 1 aromatic heterocycles. The second-order valence-electron chi connectivity index (χ2n) is 8.25. The number of benzene rings is 1. The Hall–Kier alpha value is -2.39. The minimum atomic E-state index is -1.18. The van der Waals surface area contributed by atoms with Gasteiger partial charge in [0.05, 0.1) is 17.9 Å². The summed E-state index contributed by atoms with van der Waals surface area (Å²) in [5.74, 6) is 0.489. The summed E-state index contributed by atoms with van der Waals surface area (Å²) >= 11 is 3.45. The van der Waals surface area contributed by atoms with Crippen molar-refractivity contribution in [3.8, 4) is 11.3 Å². The van der Waals surface area contributed by atoms with Gasteiger partial charge in [0.25, 0.3) is 0 Å². The van der Waals surface area contributed by atoms with E-state index in [9.17, 15) is 14.7 Å². The largest absolute Gasteiger partial charge is 0.465 e. The van der Waals surface area contributed by atoms with Crippen LogP contribution in [0.5, 0.6) is 0 Å². The molecule has 0 spiro atoms. The lowest BCUT2D eigenvalue weighted by Crippen LogP contribution is -2.54. The molecule has 1 aromatic carbocycles. The van der Waals surface area contributed by atoms with Gasteiger partial charge in [-0.05, 0) is 56.2 Å². The third-order valence-corrected chi connectivity index (χ3v) is 6.80. The molecule has 0 saturated carbocycles. The van der Waals surface area contributed by atoms with E-state index in [1.54, 1.807) is 6.20 Å². The number of amides is 2. The van der Waals surface area contributed by atoms with E-state index < -0.39 is 12.1 Å². The average Bonchev–Trinajstić information content (AvgIpc) is 3.39. The van der Waals surface area contributed by atoms with Crippen molar-refractivity contribution in [2.45, 2.75) is 50.7 Å². The Kier molecular flexibility index (Phi) is 6.62. The highest BCUT2D eigenvalue weighted by Gasteiger charge is 2.42. The molecule has 3 atom stereocenters. The quantitative estimate of drug-likeness (QED) is 0.587. The Morgan fingerprint density at radius 1 is 1.23 bits per heavy atom. The van der Waals surface area contributed by atoms with Crippen molar-refractivity contribution < 1.29 is 19.4 Å². The third kappa shape index (κ3) is 4.77. The molecule has 166 valence electrons. The lowest BCUT2D eigenvalue weighted by molar-refractivity contribution is -0.138. The summed E-state index contributed by atoms with van der Waals surface area (Å²) in [4.78, 5) is 34.8. The van der Waals surface area contributed by atoms with Crippen LogP contribution in [0.4, 0.5) is 4.79 Å². The van der Waals surface area contributed by atoms with E-state index in [1.165, 1.54) is 0 Å². The number of hydrogen-bond acceptors (Lipinski definition) is 4. The van der Waals surface area contributed by atoms with Crippen LogP contribution in [0.2, 0.25) is 0 Å². The molecule has 3 heterocycles. The lowest BCUT2D eigenvalue weighted by atomic mass is 9.90. The number of likely N-dealkylation sites (tertiary alicyclic amines) is 1. The number of carbonyl (C=O) groups excluding carboxylic acids is 1. The van der Waals surface area contributed by atoms with Crippen LogP contribution in [-0.4, -0.2) is 57.3 Å². The summed E-state index contributed by atoms with van der Waals surface area (Å²) in [7, 11) is 0. The molecule has 3 N–H and O–H groups in total. The minimum absolute atomic E-state index is 0.0108. The van der Waals surface area contributed by atoms with Gasteiger partial charge in [0.1, 0.15) is 11.9 Å². The van der Waals surface area contributed by atoms with E-state index in [0.29, 0.717) is 26.1 Å². The summed E-state index contributed by atoms with van der Waals surface area (Å²) in [6.45, 7) is 3.10. The fourth-order valence-corrected chi connectivity index (χ4v) is 4.89. The molecule has 2 aliphatic heterocycles. The van der Waals surface area contributed by atoms with E-state index in [4.69, 9.17) is 4.74 Å². The van der Waals surface area contributed by atoms with Crippen molar-refractivity contribution in [1.29, 1.82) is 0 Å². The molecule has 0 radical (unpaired) electrons. The predicted molar refractivity (Wildman–Crippen MR) is 118 cm³/mol. The van der Waals surface area contributed by atoms with Gasteiger partial charge in [-0.3, -0.25) is 4.79 Å². The highest BCUT2D eigenvalue weighted by atomic mass is 79.9. The lowest BCUT2D eigenvalue weighted by Gasteiger charge is -2.35. The van der Waals surface area contributed by atoms with E-state index in [-0.39, 0.29) is 23.9 Å². The summed E-state index contributed by atoms with van der Waals surface area (Å²) in [5, 5.41) is 11.9. The monoisotopic (exact) mass is 490 g/mol. The molecule has 2 aromatic rings. The zero-order valence-corrected chi connectivity index (χ0v) is 19.0.